The maximum atomic E-state index is 12.0. The normalized spacial score (nSPS) is 10.1. The molecule has 1 N–H and O–H groups in total. The number of hydrogen-bond acceptors (Lipinski definition) is 4. The Bertz CT molecular complexity index is 508. The first kappa shape index (κ1) is 20.7. The zero-order chi connectivity index (χ0) is 17.7. The molecule has 1 aromatic rings. The Morgan fingerprint density at radius 2 is 1.83 bits per heavy atom. The first-order chi connectivity index (χ1) is 10.8. The number of benzene rings is 1. The van der Waals surface area contributed by atoms with Gasteiger partial charge in [0.25, 0.3) is 0 Å². The predicted molar refractivity (Wildman–Crippen MR) is 77.3 cm³/mol. The molecule has 0 saturated carbocycles. The molecule has 0 unspecified atom stereocenters. The summed E-state index contributed by atoms with van der Waals surface area (Å²) < 4.78 is 40.3. The fourth-order valence-electron chi connectivity index (χ4n) is 1.47. The number of unbranched alkanes of at least 4 members (excludes halogenated alkanes) is 3. The van der Waals surface area contributed by atoms with Crippen LogP contribution in [0.1, 0.15) is 38.2 Å². The number of carbonyl (C=O) groups excluding carboxylic acids is 1. The molecule has 0 spiro atoms. The Balaban J connectivity index is 0.000000438. The van der Waals surface area contributed by atoms with E-state index < -0.39 is 17.9 Å². The van der Waals surface area contributed by atoms with Gasteiger partial charge >= 0.3 is 12.3 Å². The van der Waals surface area contributed by atoms with Gasteiger partial charge in [-0.1, -0.05) is 26.2 Å². The van der Waals surface area contributed by atoms with Crippen molar-refractivity contribution in [2.45, 2.75) is 38.8 Å². The average molecular weight is 333 g/mol. The largest absolute Gasteiger partial charge is 0.505 e. The van der Waals surface area contributed by atoms with E-state index in [-0.39, 0.29) is 5.69 Å². The molecule has 1 aromatic carbocycles. The van der Waals surface area contributed by atoms with E-state index in [1.807, 2.05) is 0 Å². The quantitative estimate of drug-likeness (QED) is 0.346. The maximum Gasteiger partial charge on any atom is 0.505 e. The van der Waals surface area contributed by atoms with E-state index in [1.54, 1.807) is 0 Å². The van der Waals surface area contributed by atoms with Crippen LogP contribution in [0.15, 0.2) is 29.3 Å². The zero-order valence-electron chi connectivity index (χ0n) is 12.6. The Morgan fingerprint density at radius 3 is 2.26 bits per heavy atom. The summed E-state index contributed by atoms with van der Waals surface area (Å²) in [5.74, 6) is 0. The zero-order valence-corrected chi connectivity index (χ0v) is 12.6. The van der Waals surface area contributed by atoms with Gasteiger partial charge in [-0.2, -0.15) is 18.2 Å². The second-order valence-electron chi connectivity index (χ2n) is 4.42. The van der Waals surface area contributed by atoms with Crippen molar-refractivity contribution in [2.75, 3.05) is 6.61 Å². The number of aliphatic imine (C=N–C) groups is 1. The Hall–Kier alpha value is -2.34. The van der Waals surface area contributed by atoms with Crippen molar-refractivity contribution in [3.05, 3.63) is 29.8 Å². The standard InChI is InChI=1S/C8H4F3NO.C7H14O3/c9-8(10,11)6-1-3-7(4-2-6)12-5-13;1-2-3-4-5-6-10-7(8)9/h1-4H;2-6H2,1H3,(H,8,9). The number of ether oxygens (including phenoxy) is 1. The third-order valence-electron chi connectivity index (χ3n) is 2.59. The third kappa shape index (κ3) is 11.0. The van der Waals surface area contributed by atoms with Crippen molar-refractivity contribution in [1.82, 2.24) is 0 Å². The summed E-state index contributed by atoms with van der Waals surface area (Å²) in [6.45, 7) is 2.45. The molecule has 128 valence electrons. The van der Waals surface area contributed by atoms with E-state index in [4.69, 9.17) is 5.11 Å². The average Bonchev–Trinajstić information content (AvgIpc) is 2.47. The minimum atomic E-state index is -4.36. The predicted octanol–water partition coefficient (Wildman–Crippen LogP) is 4.93. The van der Waals surface area contributed by atoms with Crippen molar-refractivity contribution in [2.24, 2.45) is 4.99 Å². The molecule has 0 fully saturated rings. The van der Waals surface area contributed by atoms with Crippen molar-refractivity contribution >= 4 is 17.9 Å². The van der Waals surface area contributed by atoms with Gasteiger partial charge in [-0.05, 0) is 30.7 Å². The maximum absolute atomic E-state index is 12.0. The molecular formula is C15H18F3NO4. The molecule has 0 radical (unpaired) electrons. The minimum absolute atomic E-state index is 0.156. The van der Waals surface area contributed by atoms with Crippen LogP contribution in [0.25, 0.3) is 0 Å². The van der Waals surface area contributed by atoms with E-state index in [2.05, 4.69) is 16.7 Å². The van der Waals surface area contributed by atoms with E-state index in [1.165, 1.54) is 6.08 Å². The van der Waals surface area contributed by atoms with Crippen LogP contribution in [-0.4, -0.2) is 23.9 Å². The third-order valence-corrected chi connectivity index (χ3v) is 2.59. The van der Waals surface area contributed by atoms with Gasteiger partial charge in [0.2, 0.25) is 6.08 Å². The second-order valence-corrected chi connectivity index (χ2v) is 4.42. The second kappa shape index (κ2) is 11.3. The number of hydrogen-bond donors (Lipinski definition) is 1. The number of rotatable bonds is 6. The number of alkyl halides is 3. The smallest absolute Gasteiger partial charge is 0.450 e. The van der Waals surface area contributed by atoms with Crippen molar-refractivity contribution in [3.63, 3.8) is 0 Å². The summed E-state index contributed by atoms with van der Waals surface area (Å²) in [6, 6.07) is 3.92. The van der Waals surface area contributed by atoms with Crippen LogP contribution in [0.2, 0.25) is 0 Å². The van der Waals surface area contributed by atoms with Crippen molar-refractivity contribution in [1.29, 1.82) is 0 Å². The topological polar surface area (TPSA) is 76.0 Å². The highest BCUT2D eigenvalue weighted by Gasteiger charge is 2.29. The van der Waals surface area contributed by atoms with Gasteiger partial charge in [0.15, 0.2) is 0 Å². The molecule has 23 heavy (non-hydrogen) atoms. The Morgan fingerprint density at radius 1 is 1.22 bits per heavy atom. The van der Waals surface area contributed by atoms with Gasteiger partial charge in [0.05, 0.1) is 17.9 Å². The summed E-state index contributed by atoms with van der Waals surface area (Å²) >= 11 is 0. The molecule has 0 aromatic heterocycles. The lowest BCUT2D eigenvalue weighted by Crippen LogP contribution is -2.03. The highest BCUT2D eigenvalue weighted by molar-refractivity contribution is 5.56. The van der Waals surface area contributed by atoms with Crippen LogP contribution in [-0.2, 0) is 15.7 Å². The van der Waals surface area contributed by atoms with Crippen molar-refractivity contribution in [3.8, 4) is 0 Å². The lowest BCUT2D eigenvalue weighted by Gasteiger charge is -2.04. The lowest BCUT2D eigenvalue weighted by atomic mass is 10.2. The van der Waals surface area contributed by atoms with Crippen LogP contribution in [0.4, 0.5) is 23.7 Å². The molecule has 5 nitrogen and oxygen atoms in total. The molecule has 0 aliphatic carbocycles. The van der Waals surface area contributed by atoms with Gasteiger partial charge in [-0.3, -0.25) is 0 Å². The molecular weight excluding hydrogens is 315 g/mol. The summed E-state index contributed by atoms with van der Waals surface area (Å²) in [6.07, 6.45) is -0.0695. The van der Waals surface area contributed by atoms with E-state index in [0.29, 0.717) is 6.61 Å². The summed E-state index contributed by atoms with van der Waals surface area (Å²) in [7, 11) is 0. The highest BCUT2D eigenvalue weighted by Crippen LogP contribution is 2.30. The van der Waals surface area contributed by atoms with Gasteiger partial charge in [-0.15, -0.1) is 0 Å². The molecule has 1 rings (SSSR count). The number of nitrogens with zero attached hydrogens (tertiary/aromatic N) is 1. The Labute approximate surface area is 131 Å². The van der Waals surface area contributed by atoms with E-state index in [9.17, 15) is 22.8 Å². The minimum Gasteiger partial charge on any atom is -0.450 e. The summed E-state index contributed by atoms with van der Waals surface area (Å²) in [5.41, 5.74) is -0.611. The van der Waals surface area contributed by atoms with Gasteiger partial charge < -0.3 is 9.84 Å². The van der Waals surface area contributed by atoms with E-state index >= 15 is 0 Å². The highest BCUT2D eigenvalue weighted by atomic mass is 19.4. The van der Waals surface area contributed by atoms with Crippen LogP contribution in [0.5, 0.6) is 0 Å². The summed E-state index contributed by atoms with van der Waals surface area (Å²) in [5, 5.41) is 8.05. The SMILES string of the molecule is CCCCCCOC(=O)O.O=C=Nc1ccc(C(F)(F)F)cc1. The lowest BCUT2D eigenvalue weighted by molar-refractivity contribution is -0.137. The van der Waals surface area contributed by atoms with Crippen LogP contribution >= 0.6 is 0 Å². The van der Waals surface area contributed by atoms with Crippen LogP contribution in [0, 0.1) is 0 Å². The fraction of sp³-hybridized carbons (Fsp3) is 0.467. The molecule has 0 amide bonds. The monoisotopic (exact) mass is 333 g/mol. The van der Waals surface area contributed by atoms with Gasteiger partial charge in [0, 0.05) is 0 Å². The van der Waals surface area contributed by atoms with Gasteiger partial charge in [-0.25, -0.2) is 9.59 Å². The molecule has 0 bridgehead atoms. The van der Waals surface area contributed by atoms with E-state index in [0.717, 1.165) is 49.9 Å². The van der Waals surface area contributed by atoms with Crippen LogP contribution < -0.4 is 0 Å². The molecule has 0 aliphatic heterocycles. The molecule has 0 saturated heterocycles. The fourth-order valence-corrected chi connectivity index (χ4v) is 1.47. The summed E-state index contributed by atoms with van der Waals surface area (Å²) in [4.78, 5) is 22.7. The number of carbonyl (C=O) groups is 1. The number of halogens is 3. The number of carboxylic acid groups (broad SMARTS) is 1. The molecule has 0 aliphatic rings. The van der Waals surface area contributed by atoms with Crippen molar-refractivity contribution < 1.29 is 32.6 Å². The first-order valence-electron chi connectivity index (χ1n) is 6.92. The number of isocyanates is 1. The van der Waals surface area contributed by atoms with Crippen LogP contribution in [0.3, 0.4) is 0 Å². The first-order valence-corrected chi connectivity index (χ1v) is 6.92. The molecule has 0 atom stereocenters. The Kier molecular flexibility index (Phi) is 10.1. The molecule has 0 heterocycles. The molecule has 8 heteroatoms. The van der Waals surface area contributed by atoms with Gasteiger partial charge in [0.1, 0.15) is 0 Å².